The molecule has 0 aromatic carbocycles. The van der Waals surface area contributed by atoms with Gasteiger partial charge in [0.15, 0.2) is 5.60 Å². The van der Waals surface area contributed by atoms with Crippen LogP contribution >= 0.6 is 0 Å². The maximum atomic E-state index is 11.9. The van der Waals surface area contributed by atoms with Crippen molar-refractivity contribution < 1.29 is 19.0 Å². The van der Waals surface area contributed by atoms with Gasteiger partial charge in [-0.25, -0.2) is 0 Å². The van der Waals surface area contributed by atoms with Gasteiger partial charge in [0, 0.05) is 13.6 Å². The van der Waals surface area contributed by atoms with E-state index in [-0.39, 0.29) is 17.9 Å². The quantitative estimate of drug-likeness (QED) is 0.773. The van der Waals surface area contributed by atoms with Crippen LogP contribution in [0, 0.1) is 0 Å². The second kappa shape index (κ2) is 6.08. The summed E-state index contributed by atoms with van der Waals surface area (Å²) in [7, 11) is 4.50. The van der Waals surface area contributed by atoms with E-state index in [0.717, 1.165) is 0 Å². The second-order valence-electron chi connectivity index (χ2n) is 4.69. The summed E-state index contributed by atoms with van der Waals surface area (Å²) < 4.78 is 15.7. The number of nitrogens with one attached hydrogen (secondary N) is 1. The summed E-state index contributed by atoms with van der Waals surface area (Å²) in [6.45, 7) is 3.00. The van der Waals surface area contributed by atoms with Gasteiger partial charge in [0.1, 0.15) is 0 Å². The summed E-state index contributed by atoms with van der Waals surface area (Å²) in [4.78, 5) is 26.1. The smallest absolute Gasteiger partial charge is 0.324 e. The Kier molecular flexibility index (Phi) is 4.41. The Balaban J connectivity index is 2.27. The van der Waals surface area contributed by atoms with Gasteiger partial charge >= 0.3 is 12.0 Å². The lowest BCUT2D eigenvalue weighted by atomic mass is 10.0. The number of methoxy groups -OCH3 is 2. The van der Waals surface area contributed by atoms with E-state index in [2.05, 4.69) is 20.3 Å². The molecule has 9 nitrogen and oxygen atoms in total. The van der Waals surface area contributed by atoms with Crippen LogP contribution in [-0.2, 0) is 9.53 Å². The van der Waals surface area contributed by atoms with Crippen molar-refractivity contribution in [1.29, 1.82) is 0 Å². The van der Waals surface area contributed by atoms with Crippen molar-refractivity contribution in [3.05, 3.63) is 0 Å². The van der Waals surface area contributed by atoms with Crippen LogP contribution in [0.3, 0.4) is 0 Å². The van der Waals surface area contributed by atoms with Crippen molar-refractivity contribution in [3.63, 3.8) is 0 Å². The Bertz CT molecular complexity index is 504. The number of hydrogen-bond donors (Lipinski definition) is 1. The Morgan fingerprint density at radius 1 is 1.29 bits per heavy atom. The standard InChI is InChI=1S/C12H19N5O4/c1-12(8(18)13-2)7-17(5-6-21-12)9-14-10(19-3)16-11(15-9)20-4/h5-7H2,1-4H3,(H,13,18)/t12-/m1/s1. The number of rotatable bonds is 4. The number of hydrogen-bond acceptors (Lipinski definition) is 8. The minimum atomic E-state index is -0.958. The monoisotopic (exact) mass is 297 g/mol. The van der Waals surface area contributed by atoms with Crippen LogP contribution < -0.4 is 19.7 Å². The fourth-order valence-corrected chi connectivity index (χ4v) is 2.09. The van der Waals surface area contributed by atoms with E-state index in [1.807, 2.05) is 4.90 Å². The Morgan fingerprint density at radius 2 is 1.90 bits per heavy atom. The zero-order valence-corrected chi connectivity index (χ0v) is 12.5. The van der Waals surface area contributed by atoms with Gasteiger partial charge in [-0.05, 0) is 6.92 Å². The number of nitrogens with zero attached hydrogens (tertiary/aromatic N) is 4. The minimum absolute atomic E-state index is 0.157. The summed E-state index contributed by atoms with van der Waals surface area (Å²) >= 11 is 0. The van der Waals surface area contributed by atoms with Gasteiger partial charge < -0.3 is 24.4 Å². The number of likely N-dealkylation sites (N-methyl/N-ethyl adjacent to an activating group) is 1. The summed E-state index contributed by atoms with van der Waals surface area (Å²) in [5.74, 6) is 0.192. The van der Waals surface area contributed by atoms with Crippen LogP contribution in [0.2, 0.25) is 0 Å². The van der Waals surface area contributed by atoms with E-state index >= 15 is 0 Å². The number of anilines is 1. The van der Waals surface area contributed by atoms with Crippen molar-refractivity contribution in [1.82, 2.24) is 20.3 Å². The SMILES string of the molecule is CNC(=O)[C@@]1(C)CN(c2nc(OC)nc(OC)n2)CCO1. The molecule has 1 saturated heterocycles. The molecular formula is C12H19N5O4. The highest BCUT2D eigenvalue weighted by molar-refractivity contribution is 5.85. The van der Waals surface area contributed by atoms with Gasteiger partial charge in [-0.1, -0.05) is 0 Å². The third-order valence-electron chi connectivity index (χ3n) is 3.21. The first-order chi connectivity index (χ1) is 10.0. The van der Waals surface area contributed by atoms with Gasteiger partial charge in [0.25, 0.3) is 5.91 Å². The van der Waals surface area contributed by atoms with Gasteiger partial charge in [0.2, 0.25) is 5.95 Å². The van der Waals surface area contributed by atoms with Crippen LogP contribution in [0.15, 0.2) is 0 Å². The number of aromatic nitrogens is 3. The largest absolute Gasteiger partial charge is 0.467 e. The molecule has 1 fully saturated rings. The molecule has 1 aliphatic rings. The van der Waals surface area contributed by atoms with Gasteiger partial charge in [-0.2, -0.15) is 9.97 Å². The maximum Gasteiger partial charge on any atom is 0.324 e. The third kappa shape index (κ3) is 3.13. The van der Waals surface area contributed by atoms with Crippen molar-refractivity contribution in [3.8, 4) is 12.0 Å². The predicted molar refractivity (Wildman–Crippen MR) is 73.6 cm³/mol. The molecule has 1 atom stereocenters. The van der Waals surface area contributed by atoms with Crippen molar-refractivity contribution in [2.24, 2.45) is 0 Å². The molecule has 1 N–H and O–H groups in total. The normalized spacial score (nSPS) is 21.8. The van der Waals surface area contributed by atoms with Crippen molar-refractivity contribution in [2.75, 3.05) is 45.9 Å². The average Bonchev–Trinajstić information content (AvgIpc) is 2.53. The highest BCUT2D eigenvalue weighted by Gasteiger charge is 2.39. The Morgan fingerprint density at radius 3 is 2.43 bits per heavy atom. The molecule has 116 valence electrons. The number of amides is 1. The zero-order valence-electron chi connectivity index (χ0n) is 12.5. The van der Waals surface area contributed by atoms with E-state index < -0.39 is 5.60 Å². The molecule has 0 radical (unpaired) electrons. The molecule has 1 amide bonds. The van der Waals surface area contributed by atoms with E-state index in [1.165, 1.54) is 14.2 Å². The lowest BCUT2D eigenvalue weighted by Gasteiger charge is -2.38. The van der Waals surface area contributed by atoms with Gasteiger partial charge in [-0.15, -0.1) is 4.98 Å². The topological polar surface area (TPSA) is 98.7 Å². The van der Waals surface area contributed by atoms with Gasteiger partial charge in [0.05, 0.1) is 27.4 Å². The number of carbonyl (C=O) groups is 1. The van der Waals surface area contributed by atoms with Gasteiger partial charge in [-0.3, -0.25) is 4.79 Å². The summed E-state index contributed by atoms with van der Waals surface area (Å²) in [6, 6.07) is 0.315. The summed E-state index contributed by atoms with van der Waals surface area (Å²) in [5.41, 5.74) is -0.958. The highest BCUT2D eigenvalue weighted by Crippen LogP contribution is 2.23. The van der Waals surface area contributed by atoms with Crippen LogP contribution in [0.25, 0.3) is 0 Å². The van der Waals surface area contributed by atoms with E-state index in [4.69, 9.17) is 14.2 Å². The number of ether oxygens (including phenoxy) is 3. The number of morpholine rings is 1. The molecule has 0 unspecified atom stereocenters. The maximum absolute atomic E-state index is 11.9. The number of carbonyl (C=O) groups excluding carboxylic acids is 1. The molecule has 0 saturated carbocycles. The zero-order chi connectivity index (χ0) is 15.5. The summed E-state index contributed by atoms with van der Waals surface area (Å²) in [6.07, 6.45) is 0. The van der Waals surface area contributed by atoms with E-state index in [9.17, 15) is 4.79 Å². The first-order valence-electron chi connectivity index (χ1n) is 6.47. The van der Waals surface area contributed by atoms with Crippen molar-refractivity contribution >= 4 is 11.9 Å². The average molecular weight is 297 g/mol. The molecule has 1 aromatic heterocycles. The molecule has 0 aliphatic carbocycles. The highest BCUT2D eigenvalue weighted by atomic mass is 16.5. The fraction of sp³-hybridized carbons (Fsp3) is 0.667. The van der Waals surface area contributed by atoms with E-state index in [0.29, 0.717) is 25.6 Å². The van der Waals surface area contributed by atoms with E-state index in [1.54, 1.807) is 14.0 Å². The Labute approximate surface area is 122 Å². The second-order valence-corrected chi connectivity index (χ2v) is 4.69. The minimum Gasteiger partial charge on any atom is -0.467 e. The molecule has 1 aromatic rings. The van der Waals surface area contributed by atoms with Crippen LogP contribution in [-0.4, -0.2) is 67.4 Å². The van der Waals surface area contributed by atoms with Crippen LogP contribution in [0.5, 0.6) is 12.0 Å². The molecule has 1 aliphatic heterocycles. The molecular weight excluding hydrogens is 278 g/mol. The molecule has 2 heterocycles. The Hall–Kier alpha value is -2.16. The lowest BCUT2D eigenvalue weighted by Crippen LogP contribution is -2.58. The van der Waals surface area contributed by atoms with Crippen molar-refractivity contribution in [2.45, 2.75) is 12.5 Å². The molecule has 21 heavy (non-hydrogen) atoms. The molecule has 0 spiro atoms. The summed E-state index contributed by atoms with van der Waals surface area (Å²) in [5, 5.41) is 2.60. The molecule has 0 bridgehead atoms. The third-order valence-corrected chi connectivity index (χ3v) is 3.21. The lowest BCUT2D eigenvalue weighted by molar-refractivity contribution is -0.145. The predicted octanol–water partition coefficient (Wildman–Crippen LogP) is -0.770. The first kappa shape index (κ1) is 15.2. The van der Waals surface area contributed by atoms with Crippen LogP contribution in [0.1, 0.15) is 6.92 Å². The molecule has 9 heteroatoms. The molecule has 2 rings (SSSR count). The first-order valence-corrected chi connectivity index (χ1v) is 6.47. The fourth-order valence-electron chi connectivity index (χ4n) is 2.09. The van der Waals surface area contributed by atoms with Crippen LogP contribution in [0.4, 0.5) is 5.95 Å².